The van der Waals surface area contributed by atoms with Gasteiger partial charge < -0.3 is 14.7 Å². The van der Waals surface area contributed by atoms with Crippen LogP contribution in [0.15, 0.2) is 18.2 Å². The van der Waals surface area contributed by atoms with Crippen LogP contribution in [-0.2, 0) is 4.74 Å². The van der Waals surface area contributed by atoms with Gasteiger partial charge in [-0.15, -0.1) is 0 Å². The minimum atomic E-state index is -0.852. The molecule has 20 heavy (non-hydrogen) atoms. The SMILES string of the molecule is Cc1ccc(N2CC(N3CCOCC3)C2)cc1C(=O)O. The van der Waals surface area contributed by atoms with Crippen molar-refractivity contribution in [1.82, 2.24) is 4.90 Å². The van der Waals surface area contributed by atoms with Gasteiger partial charge in [0.1, 0.15) is 0 Å². The molecule has 0 aliphatic carbocycles. The Morgan fingerprint density at radius 3 is 2.65 bits per heavy atom. The van der Waals surface area contributed by atoms with E-state index < -0.39 is 5.97 Å². The van der Waals surface area contributed by atoms with Gasteiger partial charge in [0.25, 0.3) is 0 Å². The first-order valence-electron chi connectivity index (χ1n) is 7.06. The van der Waals surface area contributed by atoms with Crippen molar-refractivity contribution in [3.63, 3.8) is 0 Å². The van der Waals surface area contributed by atoms with E-state index in [4.69, 9.17) is 4.74 Å². The fourth-order valence-electron chi connectivity index (χ4n) is 2.88. The molecule has 2 fully saturated rings. The number of morpholine rings is 1. The van der Waals surface area contributed by atoms with E-state index in [1.165, 1.54) is 0 Å². The number of ether oxygens (including phenoxy) is 1. The molecule has 0 saturated carbocycles. The van der Waals surface area contributed by atoms with Crippen molar-refractivity contribution in [1.29, 1.82) is 0 Å². The molecule has 0 bridgehead atoms. The molecule has 0 aromatic heterocycles. The summed E-state index contributed by atoms with van der Waals surface area (Å²) < 4.78 is 5.36. The number of carbonyl (C=O) groups is 1. The summed E-state index contributed by atoms with van der Waals surface area (Å²) >= 11 is 0. The minimum Gasteiger partial charge on any atom is -0.478 e. The fourth-order valence-corrected chi connectivity index (χ4v) is 2.88. The molecular weight excluding hydrogens is 256 g/mol. The van der Waals surface area contributed by atoms with Gasteiger partial charge >= 0.3 is 5.97 Å². The van der Waals surface area contributed by atoms with Crippen molar-refractivity contribution < 1.29 is 14.6 Å². The van der Waals surface area contributed by atoms with Gasteiger partial charge in [-0.1, -0.05) is 6.07 Å². The lowest BCUT2D eigenvalue weighted by atomic mass is 10.0. The quantitative estimate of drug-likeness (QED) is 0.899. The second-order valence-corrected chi connectivity index (χ2v) is 5.51. The summed E-state index contributed by atoms with van der Waals surface area (Å²) in [5.41, 5.74) is 2.22. The first-order chi connectivity index (χ1) is 9.65. The summed E-state index contributed by atoms with van der Waals surface area (Å²) in [4.78, 5) is 15.9. The van der Waals surface area contributed by atoms with Crippen LogP contribution < -0.4 is 4.90 Å². The lowest BCUT2D eigenvalue weighted by Crippen LogP contribution is -2.61. The molecule has 108 valence electrons. The van der Waals surface area contributed by atoms with Crippen molar-refractivity contribution in [2.75, 3.05) is 44.3 Å². The molecule has 0 amide bonds. The average molecular weight is 276 g/mol. The lowest BCUT2D eigenvalue weighted by molar-refractivity contribution is 0.0105. The van der Waals surface area contributed by atoms with Crippen LogP contribution in [0.25, 0.3) is 0 Å². The number of anilines is 1. The Hall–Kier alpha value is -1.59. The topological polar surface area (TPSA) is 53.0 Å². The molecule has 2 aliphatic heterocycles. The van der Waals surface area contributed by atoms with Crippen molar-refractivity contribution in [3.8, 4) is 0 Å². The van der Waals surface area contributed by atoms with Crippen LogP contribution in [0.1, 0.15) is 15.9 Å². The van der Waals surface area contributed by atoms with Gasteiger partial charge in [0.15, 0.2) is 0 Å². The second kappa shape index (κ2) is 5.42. The Labute approximate surface area is 118 Å². The summed E-state index contributed by atoms with van der Waals surface area (Å²) in [5.74, 6) is -0.852. The number of nitrogens with zero attached hydrogens (tertiary/aromatic N) is 2. The Morgan fingerprint density at radius 1 is 1.30 bits per heavy atom. The van der Waals surface area contributed by atoms with E-state index in [9.17, 15) is 9.90 Å². The summed E-state index contributed by atoms with van der Waals surface area (Å²) in [6, 6.07) is 6.26. The van der Waals surface area contributed by atoms with Crippen LogP contribution in [0.2, 0.25) is 0 Å². The summed E-state index contributed by atoms with van der Waals surface area (Å²) in [7, 11) is 0. The molecule has 2 heterocycles. The van der Waals surface area contributed by atoms with Crippen molar-refractivity contribution in [2.45, 2.75) is 13.0 Å². The standard InChI is InChI=1S/C15H20N2O3/c1-11-2-3-12(8-14(11)15(18)19)17-9-13(10-17)16-4-6-20-7-5-16/h2-3,8,13H,4-7,9-10H2,1H3,(H,18,19). The molecule has 0 atom stereocenters. The predicted octanol–water partition coefficient (Wildman–Crippen LogP) is 1.21. The summed E-state index contributed by atoms with van der Waals surface area (Å²) in [6.07, 6.45) is 0. The van der Waals surface area contributed by atoms with E-state index in [2.05, 4.69) is 9.80 Å². The smallest absolute Gasteiger partial charge is 0.336 e. The second-order valence-electron chi connectivity index (χ2n) is 5.51. The Balaban J connectivity index is 1.64. The summed E-state index contributed by atoms with van der Waals surface area (Å²) in [6.45, 7) is 7.44. The van der Waals surface area contributed by atoms with Crippen LogP contribution in [-0.4, -0.2) is 61.4 Å². The third-order valence-corrected chi connectivity index (χ3v) is 4.24. The molecule has 1 N–H and O–H groups in total. The van der Waals surface area contributed by atoms with Gasteiger partial charge in [0.2, 0.25) is 0 Å². The monoisotopic (exact) mass is 276 g/mol. The molecule has 5 heteroatoms. The van der Waals surface area contributed by atoms with Gasteiger partial charge in [-0.25, -0.2) is 4.79 Å². The maximum absolute atomic E-state index is 11.2. The molecule has 2 aliphatic rings. The Kier molecular flexibility index (Phi) is 3.63. The molecule has 2 saturated heterocycles. The molecule has 1 aromatic carbocycles. The van der Waals surface area contributed by atoms with Crippen LogP contribution in [0.4, 0.5) is 5.69 Å². The fraction of sp³-hybridized carbons (Fsp3) is 0.533. The normalized spacial score (nSPS) is 20.8. The van der Waals surface area contributed by atoms with Crippen molar-refractivity contribution >= 4 is 11.7 Å². The number of rotatable bonds is 3. The van der Waals surface area contributed by atoms with Crippen molar-refractivity contribution in [2.24, 2.45) is 0 Å². The molecule has 0 radical (unpaired) electrons. The number of carboxylic acids is 1. The van der Waals surface area contributed by atoms with E-state index in [0.29, 0.717) is 11.6 Å². The summed E-state index contributed by atoms with van der Waals surface area (Å²) in [5, 5.41) is 9.18. The largest absolute Gasteiger partial charge is 0.478 e. The van der Waals surface area contributed by atoms with E-state index >= 15 is 0 Å². The van der Waals surface area contributed by atoms with Crippen LogP contribution in [0, 0.1) is 6.92 Å². The lowest BCUT2D eigenvalue weighted by Gasteiger charge is -2.47. The average Bonchev–Trinajstić information content (AvgIpc) is 2.40. The Bertz CT molecular complexity index is 506. The highest BCUT2D eigenvalue weighted by Crippen LogP contribution is 2.26. The third kappa shape index (κ3) is 2.51. The van der Waals surface area contributed by atoms with Gasteiger partial charge in [-0.3, -0.25) is 4.90 Å². The third-order valence-electron chi connectivity index (χ3n) is 4.24. The zero-order valence-corrected chi connectivity index (χ0v) is 11.7. The maximum Gasteiger partial charge on any atom is 0.336 e. The molecule has 3 rings (SSSR count). The number of benzene rings is 1. The molecule has 1 aromatic rings. The predicted molar refractivity (Wildman–Crippen MR) is 76.5 cm³/mol. The number of hydrogen-bond acceptors (Lipinski definition) is 4. The van der Waals surface area contributed by atoms with E-state index in [1.807, 2.05) is 19.1 Å². The molecule has 0 spiro atoms. The van der Waals surface area contributed by atoms with E-state index in [1.54, 1.807) is 6.07 Å². The minimum absolute atomic E-state index is 0.400. The van der Waals surface area contributed by atoms with Gasteiger partial charge in [-0.2, -0.15) is 0 Å². The number of aryl methyl sites for hydroxylation is 1. The van der Waals surface area contributed by atoms with Gasteiger partial charge in [-0.05, 0) is 24.6 Å². The van der Waals surface area contributed by atoms with Crippen LogP contribution in [0.3, 0.4) is 0 Å². The highest BCUT2D eigenvalue weighted by atomic mass is 16.5. The zero-order chi connectivity index (χ0) is 14.1. The van der Waals surface area contributed by atoms with Crippen LogP contribution in [0.5, 0.6) is 0 Å². The highest BCUT2D eigenvalue weighted by Gasteiger charge is 2.32. The Morgan fingerprint density at radius 2 is 2.00 bits per heavy atom. The first-order valence-corrected chi connectivity index (χ1v) is 7.06. The highest BCUT2D eigenvalue weighted by molar-refractivity contribution is 5.90. The molecule has 0 unspecified atom stereocenters. The maximum atomic E-state index is 11.2. The van der Waals surface area contributed by atoms with Crippen molar-refractivity contribution in [3.05, 3.63) is 29.3 Å². The number of hydrogen-bond donors (Lipinski definition) is 1. The zero-order valence-electron chi connectivity index (χ0n) is 11.7. The number of aromatic carboxylic acids is 1. The van der Waals surface area contributed by atoms with E-state index in [-0.39, 0.29) is 0 Å². The first kappa shape index (κ1) is 13.4. The number of carboxylic acid groups (broad SMARTS) is 1. The van der Waals surface area contributed by atoms with Gasteiger partial charge in [0, 0.05) is 37.9 Å². The van der Waals surface area contributed by atoms with Crippen LogP contribution >= 0.6 is 0 Å². The van der Waals surface area contributed by atoms with Gasteiger partial charge in [0.05, 0.1) is 18.8 Å². The molecular formula is C15H20N2O3. The molecule has 5 nitrogen and oxygen atoms in total. The van der Waals surface area contributed by atoms with E-state index in [0.717, 1.165) is 50.6 Å².